The van der Waals surface area contributed by atoms with Gasteiger partial charge in [0.15, 0.2) is 4.96 Å². The highest BCUT2D eigenvalue weighted by Crippen LogP contribution is 2.12. The van der Waals surface area contributed by atoms with E-state index in [9.17, 15) is 14.4 Å². The number of carboxylic acids is 1. The maximum Gasteiger partial charge on any atom is 0.326 e. The first-order chi connectivity index (χ1) is 11.5. The molecule has 2 N–H and O–H groups in total. The van der Waals surface area contributed by atoms with E-state index in [0.717, 1.165) is 0 Å². The second kappa shape index (κ2) is 8.65. The van der Waals surface area contributed by atoms with Crippen LogP contribution in [0.15, 0.2) is 35.1 Å². The van der Waals surface area contributed by atoms with E-state index >= 15 is 0 Å². The van der Waals surface area contributed by atoms with Crippen molar-refractivity contribution >= 4 is 39.9 Å². The summed E-state index contributed by atoms with van der Waals surface area (Å²) in [5.41, 5.74) is 0.443. The average molecular weight is 367 g/mol. The summed E-state index contributed by atoms with van der Waals surface area (Å²) >= 11 is 2.65. The number of carbonyl (C=O) groups excluding carboxylic acids is 1. The molecule has 0 aromatic carbocycles. The summed E-state index contributed by atoms with van der Waals surface area (Å²) in [6.45, 7) is 3.54. The number of thiazole rings is 1. The minimum absolute atomic E-state index is 0.101. The molecular formula is C15H17N3O4S2. The van der Waals surface area contributed by atoms with E-state index in [1.165, 1.54) is 33.6 Å². The molecule has 1 atom stereocenters. The zero-order valence-electron chi connectivity index (χ0n) is 12.8. The topological polar surface area (TPSA) is 101 Å². The number of allylic oxidation sites excluding steroid dienone is 1. The number of carboxylic acid groups (broad SMARTS) is 1. The third-order valence-electron chi connectivity index (χ3n) is 3.13. The summed E-state index contributed by atoms with van der Waals surface area (Å²) in [5, 5.41) is 13.3. The number of rotatable bonds is 9. The lowest BCUT2D eigenvalue weighted by Gasteiger charge is -2.13. The van der Waals surface area contributed by atoms with Gasteiger partial charge in [-0.1, -0.05) is 6.08 Å². The number of aliphatic carboxylic acids is 1. The Balaban J connectivity index is 1.85. The van der Waals surface area contributed by atoms with Crippen molar-refractivity contribution in [3.8, 4) is 0 Å². The molecule has 0 saturated heterocycles. The van der Waals surface area contributed by atoms with Crippen LogP contribution in [-0.4, -0.2) is 38.2 Å². The number of carbonyl (C=O) groups is 2. The smallest absolute Gasteiger partial charge is 0.326 e. The Bertz CT molecular complexity index is 799. The van der Waals surface area contributed by atoms with E-state index in [2.05, 4.69) is 16.9 Å². The van der Waals surface area contributed by atoms with Gasteiger partial charge in [-0.25, -0.2) is 9.78 Å². The Morgan fingerprint density at radius 1 is 1.54 bits per heavy atom. The van der Waals surface area contributed by atoms with Crippen LogP contribution in [-0.2, 0) is 15.3 Å². The van der Waals surface area contributed by atoms with Crippen LogP contribution in [0.4, 0.5) is 0 Å². The van der Waals surface area contributed by atoms with E-state index in [0.29, 0.717) is 29.2 Å². The quantitative estimate of drug-likeness (QED) is 0.652. The van der Waals surface area contributed by atoms with E-state index in [1.807, 2.05) is 0 Å². The maximum atomic E-state index is 11.8. The van der Waals surface area contributed by atoms with E-state index in [1.54, 1.807) is 17.7 Å². The molecule has 0 aliphatic rings. The van der Waals surface area contributed by atoms with Crippen molar-refractivity contribution in [2.24, 2.45) is 0 Å². The monoisotopic (exact) mass is 367 g/mol. The van der Waals surface area contributed by atoms with Gasteiger partial charge in [-0.2, -0.15) is 0 Å². The summed E-state index contributed by atoms with van der Waals surface area (Å²) < 4.78 is 1.46. The lowest BCUT2D eigenvalue weighted by atomic mass is 10.1. The van der Waals surface area contributed by atoms with Gasteiger partial charge >= 0.3 is 5.97 Å². The van der Waals surface area contributed by atoms with Gasteiger partial charge in [-0.3, -0.25) is 14.0 Å². The summed E-state index contributed by atoms with van der Waals surface area (Å²) in [7, 11) is 0. The normalized spacial score (nSPS) is 12.0. The molecule has 0 fully saturated rings. The molecule has 2 heterocycles. The Morgan fingerprint density at radius 2 is 2.33 bits per heavy atom. The molecule has 0 bridgehead atoms. The van der Waals surface area contributed by atoms with Crippen molar-refractivity contribution < 1.29 is 14.7 Å². The third kappa shape index (κ3) is 4.93. The second-order valence-corrected chi connectivity index (χ2v) is 6.82. The molecule has 2 rings (SSSR count). The molecule has 2 aromatic rings. The average Bonchev–Trinajstić information content (AvgIpc) is 3.00. The molecule has 0 aliphatic heterocycles. The number of nitrogens with one attached hydrogen (secondary N) is 1. The van der Waals surface area contributed by atoms with Crippen molar-refractivity contribution in [1.29, 1.82) is 0 Å². The number of aromatic nitrogens is 2. The summed E-state index contributed by atoms with van der Waals surface area (Å²) in [6, 6.07) is 0.524. The van der Waals surface area contributed by atoms with Crippen molar-refractivity contribution in [3.63, 3.8) is 0 Å². The highest BCUT2D eigenvalue weighted by atomic mass is 32.2. The minimum Gasteiger partial charge on any atom is -0.480 e. The predicted octanol–water partition coefficient (Wildman–Crippen LogP) is 1.52. The van der Waals surface area contributed by atoms with Crippen LogP contribution in [0.25, 0.3) is 4.96 Å². The largest absolute Gasteiger partial charge is 0.480 e. The second-order valence-electron chi connectivity index (χ2n) is 4.96. The van der Waals surface area contributed by atoms with Crippen LogP contribution >= 0.6 is 23.1 Å². The molecule has 1 unspecified atom stereocenters. The number of amides is 1. The van der Waals surface area contributed by atoms with Crippen molar-refractivity contribution in [2.75, 3.05) is 5.75 Å². The van der Waals surface area contributed by atoms with Gasteiger partial charge in [0, 0.05) is 23.4 Å². The lowest BCUT2D eigenvalue weighted by molar-refractivity contribution is -0.141. The first-order valence-corrected chi connectivity index (χ1v) is 9.21. The summed E-state index contributed by atoms with van der Waals surface area (Å²) in [6.07, 6.45) is 4.10. The summed E-state index contributed by atoms with van der Waals surface area (Å²) in [4.78, 5) is 39.7. The third-order valence-corrected chi connectivity index (χ3v) is 4.85. The van der Waals surface area contributed by atoms with Crippen molar-refractivity contribution in [2.45, 2.75) is 24.6 Å². The predicted molar refractivity (Wildman–Crippen MR) is 94.5 cm³/mol. The molecule has 0 saturated carbocycles. The molecule has 7 nitrogen and oxygen atoms in total. The van der Waals surface area contributed by atoms with Crippen LogP contribution in [0.1, 0.15) is 18.5 Å². The number of hydrogen-bond acceptors (Lipinski definition) is 6. The Kier molecular flexibility index (Phi) is 6.56. The van der Waals surface area contributed by atoms with Crippen molar-refractivity contribution in [3.05, 3.63) is 46.3 Å². The molecule has 0 radical (unpaired) electrons. The van der Waals surface area contributed by atoms with E-state index < -0.39 is 12.0 Å². The van der Waals surface area contributed by atoms with Crippen molar-refractivity contribution in [1.82, 2.24) is 14.7 Å². The number of thioether (sulfide) groups is 1. The van der Waals surface area contributed by atoms with E-state index in [4.69, 9.17) is 5.11 Å². The highest BCUT2D eigenvalue weighted by Gasteiger charge is 2.18. The zero-order valence-corrected chi connectivity index (χ0v) is 14.4. The van der Waals surface area contributed by atoms with Crippen LogP contribution < -0.4 is 10.9 Å². The minimum atomic E-state index is -1.06. The number of fused-ring (bicyclic) bond motifs is 1. The highest BCUT2D eigenvalue weighted by molar-refractivity contribution is 7.99. The maximum absolute atomic E-state index is 11.8. The first kappa shape index (κ1) is 18.2. The molecular weight excluding hydrogens is 350 g/mol. The fourth-order valence-electron chi connectivity index (χ4n) is 1.99. The molecule has 128 valence electrons. The summed E-state index contributed by atoms with van der Waals surface area (Å²) in [5.74, 6) is -0.913. The number of hydrogen-bond donors (Lipinski definition) is 2. The Hall–Kier alpha value is -2.13. The van der Waals surface area contributed by atoms with Gasteiger partial charge in [0.1, 0.15) is 6.04 Å². The van der Waals surface area contributed by atoms with Crippen LogP contribution in [0.3, 0.4) is 0 Å². The molecule has 24 heavy (non-hydrogen) atoms. The van der Waals surface area contributed by atoms with Crippen LogP contribution in [0.2, 0.25) is 0 Å². The Labute approximate surface area is 146 Å². The Morgan fingerprint density at radius 3 is 3.04 bits per heavy atom. The van der Waals surface area contributed by atoms with Crippen LogP contribution in [0, 0.1) is 0 Å². The van der Waals surface area contributed by atoms with Gasteiger partial charge in [0.25, 0.3) is 5.56 Å². The zero-order chi connectivity index (χ0) is 17.5. The van der Waals surface area contributed by atoms with Gasteiger partial charge in [-0.15, -0.1) is 29.7 Å². The van der Waals surface area contributed by atoms with Crippen LogP contribution in [0.5, 0.6) is 0 Å². The molecule has 1 amide bonds. The molecule has 9 heteroatoms. The molecule has 2 aromatic heterocycles. The molecule has 0 aliphatic carbocycles. The molecule has 0 spiro atoms. The van der Waals surface area contributed by atoms with Gasteiger partial charge in [0.05, 0.1) is 11.4 Å². The van der Waals surface area contributed by atoms with Gasteiger partial charge < -0.3 is 10.4 Å². The van der Waals surface area contributed by atoms with Gasteiger partial charge in [-0.05, 0) is 12.8 Å². The lowest BCUT2D eigenvalue weighted by Crippen LogP contribution is -2.41. The SMILES string of the molecule is C=CCCC(NC(=O)CSCc1cc(=O)n2ccsc2n1)C(=O)O. The fraction of sp³-hybridized carbons (Fsp3) is 0.333. The van der Waals surface area contributed by atoms with E-state index in [-0.39, 0.29) is 17.2 Å². The standard InChI is InChI=1S/C15H17N3O4S2/c1-2-3-4-11(14(21)22)17-12(19)9-23-8-10-7-13(20)18-5-6-24-15(18)16-10/h2,5-7,11H,1,3-4,8-9H2,(H,17,19)(H,21,22). The number of nitrogens with zero attached hydrogens (tertiary/aromatic N) is 2. The van der Waals surface area contributed by atoms with Gasteiger partial charge in [0.2, 0.25) is 5.91 Å². The first-order valence-electron chi connectivity index (χ1n) is 7.18. The fourth-order valence-corrected chi connectivity index (χ4v) is 3.45.